The number of hydrogen-bond acceptors (Lipinski definition) is 2. The molecule has 1 aliphatic rings. The number of hydrogen-bond donors (Lipinski definition) is 2. The van der Waals surface area contributed by atoms with Gasteiger partial charge in [0.15, 0.2) is 5.96 Å². The summed E-state index contributed by atoms with van der Waals surface area (Å²) in [4.78, 5) is 18.3. The van der Waals surface area contributed by atoms with Crippen LogP contribution in [-0.4, -0.2) is 43.4 Å². The highest BCUT2D eigenvalue weighted by molar-refractivity contribution is 5.81. The van der Waals surface area contributed by atoms with Gasteiger partial charge in [0, 0.05) is 32.6 Å². The lowest BCUT2D eigenvalue weighted by molar-refractivity contribution is -0.122. The van der Waals surface area contributed by atoms with E-state index in [4.69, 9.17) is 0 Å². The van der Waals surface area contributed by atoms with Crippen LogP contribution in [0.4, 0.5) is 0 Å². The second-order valence-corrected chi connectivity index (χ2v) is 6.14. The molecular weight excluding hydrogens is 288 g/mol. The van der Waals surface area contributed by atoms with Crippen LogP contribution in [0.5, 0.6) is 0 Å². The molecule has 5 nitrogen and oxygen atoms in total. The molecule has 23 heavy (non-hydrogen) atoms. The second kappa shape index (κ2) is 8.56. The van der Waals surface area contributed by atoms with E-state index in [-0.39, 0.29) is 11.8 Å². The van der Waals surface area contributed by atoms with Gasteiger partial charge in [-0.05, 0) is 32.3 Å². The van der Waals surface area contributed by atoms with E-state index in [0.29, 0.717) is 13.1 Å². The van der Waals surface area contributed by atoms with Crippen LogP contribution in [0.2, 0.25) is 0 Å². The van der Waals surface area contributed by atoms with Crippen molar-refractivity contribution in [2.45, 2.75) is 33.2 Å². The van der Waals surface area contributed by atoms with Crippen molar-refractivity contribution in [2.75, 3.05) is 26.7 Å². The number of amides is 1. The lowest BCUT2D eigenvalue weighted by Gasteiger charge is -2.22. The van der Waals surface area contributed by atoms with E-state index < -0.39 is 0 Å². The molecule has 1 saturated carbocycles. The van der Waals surface area contributed by atoms with Crippen molar-refractivity contribution < 1.29 is 4.79 Å². The van der Waals surface area contributed by atoms with Gasteiger partial charge < -0.3 is 15.5 Å². The van der Waals surface area contributed by atoms with Gasteiger partial charge in [0.1, 0.15) is 0 Å². The van der Waals surface area contributed by atoms with Crippen LogP contribution in [0.25, 0.3) is 0 Å². The van der Waals surface area contributed by atoms with Crippen molar-refractivity contribution in [1.82, 2.24) is 15.5 Å². The van der Waals surface area contributed by atoms with Gasteiger partial charge in [-0.2, -0.15) is 0 Å². The average molecular weight is 316 g/mol. The molecule has 0 aliphatic heterocycles. The predicted molar refractivity (Wildman–Crippen MR) is 94.4 cm³/mol. The van der Waals surface area contributed by atoms with E-state index in [1.807, 2.05) is 7.05 Å². The molecule has 2 N–H and O–H groups in total. The topological polar surface area (TPSA) is 56.7 Å². The first-order valence-corrected chi connectivity index (χ1v) is 8.43. The minimum Gasteiger partial charge on any atom is -0.357 e. The van der Waals surface area contributed by atoms with E-state index in [2.05, 4.69) is 58.6 Å². The summed E-state index contributed by atoms with van der Waals surface area (Å²) in [6.07, 6.45) is 2.08. The average Bonchev–Trinajstić information content (AvgIpc) is 3.37. The molecule has 0 unspecified atom stereocenters. The number of benzene rings is 1. The van der Waals surface area contributed by atoms with Crippen LogP contribution in [0.1, 0.15) is 30.9 Å². The Hall–Kier alpha value is -2.04. The SMILES string of the molecule is CCNC(=NCCNC(=O)C1CC1)N(C)Cc1ccc(C)cc1. The number of nitrogens with one attached hydrogen (secondary N) is 2. The Morgan fingerprint density at radius 2 is 1.96 bits per heavy atom. The number of carbonyl (C=O) groups is 1. The summed E-state index contributed by atoms with van der Waals surface area (Å²) < 4.78 is 0. The van der Waals surface area contributed by atoms with Crippen LogP contribution in [-0.2, 0) is 11.3 Å². The van der Waals surface area contributed by atoms with Gasteiger partial charge in [-0.15, -0.1) is 0 Å². The van der Waals surface area contributed by atoms with Crippen molar-refractivity contribution in [2.24, 2.45) is 10.9 Å². The summed E-state index contributed by atoms with van der Waals surface area (Å²) in [7, 11) is 2.03. The molecule has 5 heteroatoms. The molecule has 0 radical (unpaired) electrons. The number of aryl methyl sites for hydroxylation is 1. The van der Waals surface area contributed by atoms with Crippen molar-refractivity contribution in [3.63, 3.8) is 0 Å². The molecule has 0 bridgehead atoms. The van der Waals surface area contributed by atoms with Crippen LogP contribution >= 0.6 is 0 Å². The summed E-state index contributed by atoms with van der Waals surface area (Å²) in [6.45, 7) is 6.98. The fraction of sp³-hybridized carbons (Fsp3) is 0.556. The Morgan fingerprint density at radius 1 is 1.26 bits per heavy atom. The fourth-order valence-electron chi connectivity index (χ4n) is 2.34. The maximum Gasteiger partial charge on any atom is 0.223 e. The number of carbonyl (C=O) groups excluding carboxylic acids is 1. The molecule has 0 heterocycles. The van der Waals surface area contributed by atoms with Gasteiger partial charge >= 0.3 is 0 Å². The van der Waals surface area contributed by atoms with Crippen molar-refractivity contribution in [1.29, 1.82) is 0 Å². The smallest absolute Gasteiger partial charge is 0.223 e. The Morgan fingerprint density at radius 3 is 2.57 bits per heavy atom. The Kier molecular flexibility index (Phi) is 6.44. The monoisotopic (exact) mass is 316 g/mol. The van der Waals surface area contributed by atoms with Crippen LogP contribution in [0, 0.1) is 12.8 Å². The zero-order chi connectivity index (χ0) is 16.7. The summed E-state index contributed by atoms with van der Waals surface area (Å²) in [5, 5.41) is 6.25. The van der Waals surface area contributed by atoms with Crippen LogP contribution < -0.4 is 10.6 Å². The summed E-state index contributed by atoms with van der Waals surface area (Å²) in [6, 6.07) is 8.54. The molecule has 0 aromatic heterocycles. The van der Waals surface area contributed by atoms with Gasteiger partial charge in [-0.25, -0.2) is 0 Å². The zero-order valence-corrected chi connectivity index (χ0v) is 14.4. The van der Waals surface area contributed by atoms with E-state index in [1.165, 1.54) is 11.1 Å². The second-order valence-electron chi connectivity index (χ2n) is 6.14. The summed E-state index contributed by atoms with van der Waals surface area (Å²) >= 11 is 0. The molecule has 0 atom stereocenters. The molecule has 0 saturated heterocycles. The fourth-order valence-corrected chi connectivity index (χ4v) is 2.34. The third-order valence-electron chi connectivity index (χ3n) is 3.86. The van der Waals surface area contributed by atoms with E-state index >= 15 is 0 Å². The minimum absolute atomic E-state index is 0.179. The van der Waals surface area contributed by atoms with Crippen LogP contribution in [0.3, 0.4) is 0 Å². The van der Waals surface area contributed by atoms with Crippen molar-refractivity contribution in [3.8, 4) is 0 Å². The normalized spacial score (nSPS) is 14.5. The van der Waals surface area contributed by atoms with E-state index in [0.717, 1.165) is 31.9 Å². The number of guanidine groups is 1. The molecule has 1 aromatic rings. The van der Waals surface area contributed by atoms with Crippen molar-refractivity contribution >= 4 is 11.9 Å². The highest BCUT2D eigenvalue weighted by Gasteiger charge is 2.28. The highest BCUT2D eigenvalue weighted by atomic mass is 16.2. The maximum absolute atomic E-state index is 11.6. The molecule has 1 amide bonds. The molecule has 1 aliphatic carbocycles. The Balaban J connectivity index is 1.83. The summed E-state index contributed by atoms with van der Waals surface area (Å²) in [5.41, 5.74) is 2.52. The maximum atomic E-state index is 11.6. The number of aliphatic imine (C=N–C) groups is 1. The van der Waals surface area contributed by atoms with Gasteiger partial charge in [0.25, 0.3) is 0 Å². The lowest BCUT2D eigenvalue weighted by Crippen LogP contribution is -2.39. The molecule has 0 spiro atoms. The third kappa shape index (κ3) is 5.93. The van der Waals surface area contributed by atoms with Crippen LogP contribution in [0.15, 0.2) is 29.3 Å². The first kappa shape index (κ1) is 17.3. The predicted octanol–water partition coefficient (Wildman–Crippen LogP) is 1.92. The molecule has 126 valence electrons. The zero-order valence-electron chi connectivity index (χ0n) is 14.4. The van der Waals surface area contributed by atoms with E-state index in [1.54, 1.807) is 0 Å². The number of rotatable bonds is 7. The molecule has 1 fully saturated rings. The molecule has 2 rings (SSSR count). The first-order valence-electron chi connectivity index (χ1n) is 8.43. The Labute approximate surface area is 139 Å². The number of nitrogens with zero attached hydrogens (tertiary/aromatic N) is 2. The lowest BCUT2D eigenvalue weighted by atomic mass is 10.1. The highest BCUT2D eigenvalue weighted by Crippen LogP contribution is 2.28. The van der Waals surface area contributed by atoms with Gasteiger partial charge in [-0.1, -0.05) is 29.8 Å². The Bertz CT molecular complexity index is 534. The standard InChI is InChI=1S/C18H28N4O/c1-4-19-18(21-12-11-20-17(23)16-9-10-16)22(3)13-15-7-5-14(2)6-8-15/h5-8,16H,4,9-13H2,1-3H3,(H,19,21)(H,20,23). The third-order valence-corrected chi connectivity index (χ3v) is 3.86. The largest absolute Gasteiger partial charge is 0.357 e. The van der Waals surface area contributed by atoms with E-state index in [9.17, 15) is 4.79 Å². The first-order chi connectivity index (χ1) is 11.1. The molecular formula is C18H28N4O. The van der Waals surface area contributed by atoms with Gasteiger partial charge in [0.2, 0.25) is 5.91 Å². The minimum atomic E-state index is 0.179. The van der Waals surface area contributed by atoms with Gasteiger partial charge in [0.05, 0.1) is 6.54 Å². The summed E-state index contributed by atoms with van der Waals surface area (Å²) in [5.74, 6) is 1.31. The van der Waals surface area contributed by atoms with Gasteiger partial charge in [-0.3, -0.25) is 9.79 Å². The van der Waals surface area contributed by atoms with Crippen molar-refractivity contribution in [3.05, 3.63) is 35.4 Å². The molecule has 1 aromatic carbocycles. The quantitative estimate of drug-likeness (QED) is 0.459.